The van der Waals surface area contributed by atoms with E-state index in [0.29, 0.717) is 5.69 Å². The van der Waals surface area contributed by atoms with Crippen LogP contribution in [0.25, 0.3) is 11.5 Å². The lowest BCUT2D eigenvalue weighted by molar-refractivity contribution is 0.622. The van der Waals surface area contributed by atoms with Gasteiger partial charge in [0.05, 0.1) is 6.20 Å². The highest BCUT2D eigenvalue weighted by molar-refractivity contribution is 7.61. The highest BCUT2D eigenvalue weighted by Gasteiger charge is 2.04. The van der Waals surface area contributed by atoms with Crippen molar-refractivity contribution in [2.75, 3.05) is 0 Å². The summed E-state index contributed by atoms with van der Waals surface area (Å²) >= 11 is 0. The van der Waals surface area contributed by atoms with Gasteiger partial charge in [-0.1, -0.05) is 5.21 Å². The molecule has 2 aromatic rings. The Labute approximate surface area is 85.1 Å². The molecule has 0 radical (unpaired) electrons. The highest BCUT2D eigenvalue weighted by Crippen LogP contribution is 2.13. The first kappa shape index (κ1) is 9.40. The quantitative estimate of drug-likeness (QED) is 0.765. The first-order valence-electron chi connectivity index (χ1n) is 3.77. The van der Waals surface area contributed by atoms with Gasteiger partial charge in [-0.15, -0.1) is 9.46 Å². The van der Waals surface area contributed by atoms with Crippen LogP contribution in [-0.4, -0.2) is 33.8 Å². The molecular weight excluding hydrogens is 220 g/mol. The maximum atomic E-state index is 10.3. The highest BCUT2D eigenvalue weighted by atomic mass is 32.2. The molecule has 0 fully saturated rings. The summed E-state index contributed by atoms with van der Waals surface area (Å²) in [7, 11) is -2.53. The summed E-state index contributed by atoms with van der Waals surface area (Å²) in [6.07, 6.45) is 2.88. The van der Waals surface area contributed by atoms with Crippen LogP contribution >= 0.6 is 0 Å². The average Bonchev–Trinajstić information content (AvgIpc) is 2.69. The van der Waals surface area contributed by atoms with Crippen LogP contribution in [0.1, 0.15) is 0 Å². The third-order valence-corrected chi connectivity index (χ3v) is 1.79. The van der Waals surface area contributed by atoms with Gasteiger partial charge in [-0.05, 0) is 0 Å². The molecule has 9 heteroatoms. The summed E-state index contributed by atoms with van der Waals surface area (Å²) in [5, 5.41) is 9.66. The van der Waals surface area contributed by atoms with Crippen molar-refractivity contribution < 1.29 is 8.42 Å². The summed E-state index contributed by atoms with van der Waals surface area (Å²) in [6.45, 7) is 0. The van der Waals surface area contributed by atoms with Gasteiger partial charge in [0.1, 0.15) is 5.69 Å². The van der Waals surface area contributed by atoms with Crippen LogP contribution in [0.5, 0.6) is 0 Å². The Bertz CT molecular complexity index is 582. The molecular formula is C6H4N6O2S. The second-order valence-electron chi connectivity index (χ2n) is 2.41. The summed E-state index contributed by atoms with van der Waals surface area (Å²) in [6, 6.07) is 1.37. The molecule has 15 heavy (non-hydrogen) atoms. The smallest absolute Gasteiger partial charge is 0.265 e. The maximum Gasteiger partial charge on any atom is 0.317 e. The normalized spacial score (nSPS) is 9.87. The van der Waals surface area contributed by atoms with Crippen LogP contribution in [0.15, 0.2) is 22.8 Å². The fourth-order valence-corrected chi connectivity index (χ4v) is 1.17. The summed E-state index contributed by atoms with van der Waals surface area (Å²) < 4.78 is 23.8. The number of hydrogen-bond acceptors (Lipinski definition) is 7. The Hall–Kier alpha value is -2.16. The van der Waals surface area contributed by atoms with Gasteiger partial charge in [-0.25, -0.2) is 9.97 Å². The molecule has 0 aromatic carbocycles. The van der Waals surface area contributed by atoms with Crippen molar-refractivity contribution in [2.24, 2.45) is 4.36 Å². The van der Waals surface area contributed by atoms with Gasteiger partial charge in [0.25, 0.3) is 0 Å². The van der Waals surface area contributed by atoms with Crippen LogP contribution in [0.3, 0.4) is 0 Å². The molecule has 2 heterocycles. The standard InChI is InChI=1S/C6H4N6O2S/c13-15(14)11-5-1-2-7-6(9-5)4-3-8-12-10-4/h1-3H,(H,8,10,12). The lowest BCUT2D eigenvalue weighted by atomic mass is 10.4. The van der Waals surface area contributed by atoms with Crippen molar-refractivity contribution in [1.29, 1.82) is 0 Å². The summed E-state index contributed by atoms with van der Waals surface area (Å²) in [5.41, 5.74) is 0.420. The molecule has 0 bridgehead atoms. The van der Waals surface area contributed by atoms with Crippen LogP contribution in [-0.2, 0) is 10.5 Å². The zero-order valence-electron chi connectivity index (χ0n) is 7.19. The van der Waals surface area contributed by atoms with E-state index in [1.54, 1.807) is 0 Å². The van der Waals surface area contributed by atoms with Crippen molar-refractivity contribution in [1.82, 2.24) is 25.4 Å². The molecule has 0 aliphatic rings. The molecule has 8 nitrogen and oxygen atoms in total. The first-order chi connectivity index (χ1) is 7.25. The molecule has 0 saturated heterocycles. The predicted octanol–water partition coefficient (Wildman–Crippen LogP) is -0.0441. The van der Waals surface area contributed by atoms with Crippen LogP contribution in [0.2, 0.25) is 0 Å². The predicted molar refractivity (Wildman–Crippen MR) is 48.4 cm³/mol. The lowest BCUT2D eigenvalue weighted by Crippen LogP contribution is -1.87. The van der Waals surface area contributed by atoms with Crippen molar-refractivity contribution in [3.63, 3.8) is 0 Å². The lowest BCUT2D eigenvalue weighted by Gasteiger charge is -1.93. The van der Waals surface area contributed by atoms with Crippen molar-refractivity contribution >= 4 is 16.3 Å². The number of nitrogens with one attached hydrogen (secondary N) is 1. The average molecular weight is 224 g/mol. The zero-order valence-corrected chi connectivity index (χ0v) is 8.01. The minimum absolute atomic E-state index is 0.0522. The number of aromatic nitrogens is 5. The Morgan fingerprint density at radius 3 is 2.93 bits per heavy atom. The Kier molecular flexibility index (Phi) is 2.46. The molecule has 1 N–H and O–H groups in total. The van der Waals surface area contributed by atoms with Gasteiger partial charge in [-0.3, -0.25) is 5.10 Å². The number of aromatic amines is 1. The van der Waals surface area contributed by atoms with Gasteiger partial charge >= 0.3 is 10.5 Å². The van der Waals surface area contributed by atoms with E-state index >= 15 is 0 Å². The SMILES string of the molecule is O=S(=O)=Nc1ccnc(-c2c[nH]nn2)n1. The molecule has 0 saturated carbocycles. The summed E-state index contributed by atoms with van der Waals surface area (Å²) in [4.78, 5) is 7.76. The monoisotopic (exact) mass is 224 g/mol. The molecule has 0 aliphatic carbocycles. The van der Waals surface area contributed by atoms with Gasteiger partial charge in [0, 0.05) is 12.3 Å². The van der Waals surface area contributed by atoms with E-state index in [4.69, 9.17) is 0 Å². The number of hydrogen-bond donors (Lipinski definition) is 1. The summed E-state index contributed by atoms with van der Waals surface area (Å²) in [5.74, 6) is 0.312. The van der Waals surface area contributed by atoms with E-state index in [1.165, 1.54) is 18.5 Å². The molecule has 0 amide bonds. The Morgan fingerprint density at radius 1 is 1.40 bits per heavy atom. The Balaban J connectivity index is 2.48. The van der Waals surface area contributed by atoms with Crippen molar-refractivity contribution in [2.45, 2.75) is 0 Å². The molecule has 0 aliphatic heterocycles. The Morgan fingerprint density at radius 2 is 2.27 bits per heavy atom. The topological polar surface area (TPSA) is 114 Å². The van der Waals surface area contributed by atoms with E-state index in [2.05, 4.69) is 29.7 Å². The van der Waals surface area contributed by atoms with E-state index in [-0.39, 0.29) is 11.6 Å². The van der Waals surface area contributed by atoms with Crippen LogP contribution < -0.4 is 0 Å². The molecule has 2 rings (SSSR count). The van der Waals surface area contributed by atoms with E-state index in [0.717, 1.165) is 0 Å². The third-order valence-electron chi connectivity index (χ3n) is 1.45. The third kappa shape index (κ3) is 2.20. The second-order valence-corrected chi connectivity index (χ2v) is 3.02. The van der Waals surface area contributed by atoms with Gasteiger partial charge in [0.15, 0.2) is 11.6 Å². The molecule has 0 atom stereocenters. The van der Waals surface area contributed by atoms with Crippen LogP contribution in [0, 0.1) is 0 Å². The van der Waals surface area contributed by atoms with Crippen molar-refractivity contribution in [3.8, 4) is 11.5 Å². The first-order valence-corrected chi connectivity index (χ1v) is 4.80. The number of H-pyrrole nitrogens is 1. The van der Waals surface area contributed by atoms with Gasteiger partial charge < -0.3 is 0 Å². The largest absolute Gasteiger partial charge is 0.317 e. The van der Waals surface area contributed by atoms with Crippen LogP contribution in [0.4, 0.5) is 5.82 Å². The minimum atomic E-state index is -2.53. The molecule has 0 unspecified atom stereocenters. The fourth-order valence-electron chi connectivity index (χ4n) is 0.911. The number of nitrogens with zero attached hydrogens (tertiary/aromatic N) is 5. The number of rotatable bonds is 2. The zero-order chi connectivity index (χ0) is 10.7. The van der Waals surface area contributed by atoms with E-state index < -0.39 is 10.5 Å². The minimum Gasteiger partial charge on any atom is -0.265 e. The van der Waals surface area contributed by atoms with E-state index in [1.807, 2.05) is 0 Å². The van der Waals surface area contributed by atoms with E-state index in [9.17, 15) is 8.42 Å². The van der Waals surface area contributed by atoms with Gasteiger partial charge in [-0.2, -0.15) is 8.42 Å². The second kappa shape index (κ2) is 3.92. The van der Waals surface area contributed by atoms with Crippen molar-refractivity contribution in [3.05, 3.63) is 18.5 Å². The maximum absolute atomic E-state index is 10.3. The molecule has 2 aromatic heterocycles. The van der Waals surface area contributed by atoms with Gasteiger partial charge in [0.2, 0.25) is 0 Å². The fraction of sp³-hybridized carbons (Fsp3) is 0. The molecule has 0 spiro atoms. The molecule has 76 valence electrons.